The fourth-order valence-corrected chi connectivity index (χ4v) is 4.31. The molecule has 0 spiro atoms. The lowest BCUT2D eigenvalue weighted by Gasteiger charge is -2.24. The van der Waals surface area contributed by atoms with E-state index in [1.807, 2.05) is 35.8 Å². The van der Waals surface area contributed by atoms with Gasteiger partial charge < -0.3 is 14.6 Å². The number of nitrogens with one attached hydrogen (secondary N) is 1. The van der Waals surface area contributed by atoms with Crippen molar-refractivity contribution >= 4 is 16.9 Å². The highest BCUT2D eigenvalue weighted by Gasteiger charge is 2.34. The number of benzene rings is 2. The summed E-state index contributed by atoms with van der Waals surface area (Å²) in [6.07, 6.45) is -0.0698. The molecule has 2 aromatic carbocycles. The van der Waals surface area contributed by atoms with Gasteiger partial charge >= 0.3 is 6.18 Å². The minimum Gasteiger partial charge on any atom is -0.381 e. The number of aryl methyl sites for hydroxylation is 1. The zero-order chi connectivity index (χ0) is 23.9. The second-order valence-electron chi connectivity index (χ2n) is 8.40. The van der Waals surface area contributed by atoms with E-state index >= 15 is 0 Å². The Morgan fingerprint density at radius 2 is 1.85 bits per heavy atom. The van der Waals surface area contributed by atoms with Gasteiger partial charge in [-0.2, -0.15) is 13.2 Å². The Bertz CT molecular complexity index is 1340. The lowest BCUT2D eigenvalue weighted by atomic mass is 10.0. The molecule has 1 aliphatic rings. The van der Waals surface area contributed by atoms with Crippen molar-refractivity contribution in [2.24, 2.45) is 0 Å². The van der Waals surface area contributed by atoms with Crippen molar-refractivity contribution in [3.05, 3.63) is 71.9 Å². The van der Waals surface area contributed by atoms with Crippen LogP contribution < -0.4 is 5.32 Å². The predicted octanol–water partition coefficient (Wildman–Crippen LogP) is 6.14. The minimum absolute atomic E-state index is 0.112. The number of halogens is 4. The van der Waals surface area contributed by atoms with Crippen LogP contribution in [-0.4, -0.2) is 33.8 Å². The second kappa shape index (κ2) is 8.72. The Morgan fingerprint density at radius 1 is 1.06 bits per heavy atom. The summed E-state index contributed by atoms with van der Waals surface area (Å²) in [6.45, 7) is 3.20. The number of fused-ring (bicyclic) bond motifs is 1. The Balaban J connectivity index is 1.73. The molecule has 3 heterocycles. The Labute approximate surface area is 193 Å². The van der Waals surface area contributed by atoms with Crippen molar-refractivity contribution in [1.29, 1.82) is 0 Å². The molecule has 2 aromatic heterocycles. The Morgan fingerprint density at radius 3 is 2.59 bits per heavy atom. The number of hydrogen-bond donors (Lipinski definition) is 1. The maximum absolute atomic E-state index is 14.0. The highest BCUT2D eigenvalue weighted by atomic mass is 19.4. The van der Waals surface area contributed by atoms with Crippen LogP contribution in [-0.2, 0) is 10.9 Å². The van der Waals surface area contributed by atoms with Crippen LogP contribution in [0.1, 0.15) is 24.0 Å². The van der Waals surface area contributed by atoms with Crippen LogP contribution in [0.25, 0.3) is 27.8 Å². The van der Waals surface area contributed by atoms with E-state index in [0.717, 1.165) is 36.2 Å². The van der Waals surface area contributed by atoms with Gasteiger partial charge in [0.1, 0.15) is 18.0 Å². The maximum Gasteiger partial charge on any atom is 0.419 e. The summed E-state index contributed by atoms with van der Waals surface area (Å²) in [5.74, 6) is -0.785. The zero-order valence-electron chi connectivity index (χ0n) is 18.4. The first-order valence-corrected chi connectivity index (χ1v) is 11.0. The molecule has 9 heteroatoms. The molecule has 176 valence electrons. The van der Waals surface area contributed by atoms with E-state index in [4.69, 9.17) is 4.74 Å². The number of hydrogen-bond acceptors (Lipinski definition) is 4. The van der Waals surface area contributed by atoms with Crippen molar-refractivity contribution in [1.82, 2.24) is 14.5 Å². The van der Waals surface area contributed by atoms with Crippen LogP contribution in [0.15, 0.2) is 55.0 Å². The van der Waals surface area contributed by atoms with Crippen LogP contribution in [0.2, 0.25) is 0 Å². The van der Waals surface area contributed by atoms with E-state index in [1.165, 1.54) is 12.4 Å². The van der Waals surface area contributed by atoms with E-state index in [0.29, 0.717) is 35.6 Å². The van der Waals surface area contributed by atoms with Gasteiger partial charge in [0.05, 0.1) is 10.9 Å². The molecule has 4 aromatic rings. The molecule has 5 rings (SSSR count). The Kier molecular flexibility index (Phi) is 5.73. The third-order valence-electron chi connectivity index (χ3n) is 6.01. The van der Waals surface area contributed by atoms with E-state index in [2.05, 4.69) is 15.3 Å². The standard InChI is InChI=1S/C25H22F4N4O/c1-15-3-2-4-18(11-15)33-13-19(16-5-6-21(26)20(12-16)25(27,28)29)22-23(30-14-31-24(22)33)32-17-7-9-34-10-8-17/h2-6,11-14,17H,7-10H2,1H3,(H,30,31,32). The van der Waals surface area contributed by atoms with Gasteiger partial charge in [-0.05, 0) is 55.2 Å². The molecular weight excluding hydrogens is 448 g/mol. The van der Waals surface area contributed by atoms with Gasteiger partial charge in [-0.15, -0.1) is 0 Å². The summed E-state index contributed by atoms with van der Waals surface area (Å²) in [6, 6.07) is 10.9. The molecule has 0 atom stereocenters. The number of nitrogens with zero attached hydrogens (tertiary/aromatic N) is 3. The number of aromatic nitrogens is 3. The van der Waals surface area contributed by atoms with Crippen molar-refractivity contribution in [2.45, 2.75) is 32.0 Å². The first kappa shape index (κ1) is 22.3. The van der Waals surface area contributed by atoms with Crippen molar-refractivity contribution in [3.8, 4) is 16.8 Å². The molecule has 0 unspecified atom stereocenters. The SMILES string of the molecule is Cc1cccc(-n2cc(-c3ccc(F)c(C(F)(F)F)c3)c3c(NC4CCOCC4)ncnc32)c1. The summed E-state index contributed by atoms with van der Waals surface area (Å²) in [5, 5.41) is 4.00. The molecule has 34 heavy (non-hydrogen) atoms. The van der Waals surface area contributed by atoms with E-state index in [1.54, 1.807) is 6.20 Å². The highest BCUT2D eigenvalue weighted by molar-refractivity contribution is 6.02. The molecule has 5 nitrogen and oxygen atoms in total. The van der Waals surface area contributed by atoms with Crippen LogP contribution in [0.4, 0.5) is 23.4 Å². The molecule has 0 radical (unpaired) electrons. The molecule has 1 aliphatic heterocycles. The summed E-state index contributed by atoms with van der Waals surface area (Å²) < 4.78 is 61.7. The first-order chi connectivity index (χ1) is 16.3. The van der Waals surface area contributed by atoms with Crippen LogP contribution in [0, 0.1) is 12.7 Å². The molecule has 0 aliphatic carbocycles. The summed E-state index contributed by atoms with van der Waals surface area (Å²) >= 11 is 0. The van der Waals surface area contributed by atoms with Gasteiger partial charge in [-0.1, -0.05) is 18.2 Å². The number of rotatable bonds is 4. The van der Waals surface area contributed by atoms with Gasteiger partial charge in [0, 0.05) is 36.7 Å². The summed E-state index contributed by atoms with van der Waals surface area (Å²) in [4.78, 5) is 8.89. The second-order valence-corrected chi connectivity index (χ2v) is 8.40. The van der Waals surface area contributed by atoms with E-state index < -0.39 is 17.6 Å². The third-order valence-corrected chi connectivity index (χ3v) is 6.01. The van der Waals surface area contributed by atoms with E-state index in [9.17, 15) is 17.6 Å². The highest BCUT2D eigenvalue weighted by Crippen LogP contribution is 2.39. The minimum atomic E-state index is -4.81. The first-order valence-electron chi connectivity index (χ1n) is 11.0. The van der Waals surface area contributed by atoms with Gasteiger partial charge in [0.2, 0.25) is 0 Å². The lowest BCUT2D eigenvalue weighted by Crippen LogP contribution is -2.28. The topological polar surface area (TPSA) is 52.0 Å². The van der Waals surface area contributed by atoms with Crippen molar-refractivity contribution < 1.29 is 22.3 Å². The van der Waals surface area contributed by atoms with Crippen molar-refractivity contribution in [2.75, 3.05) is 18.5 Å². The molecule has 1 saturated heterocycles. The number of ether oxygens (including phenoxy) is 1. The molecule has 0 saturated carbocycles. The van der Waals surface area contributed by atoms with Crippen LogP contribution >= 0.6 is 0 Å². The molecule has 0 amide bonds. The van der Waals surface area contributed by atoms with Crippen molar-refractivity contribution in [3.63, 3.8) is 0 Å². The third kappa shape index (κ3) is 4.23. The summed E-state index contributed by atoms with van der Waals surface area (Å²) in [7, 11) is 0. The average molecular weight is 470 g/mol. The monoisotopic (exact) mass is 470 g/mol. The quantitative estimate of drug-likeness (QED) is 0.364. The number of alkyl halides is 3. The van der Waals surface area contributed by atoms with Crippen LogP contribution in [0.3, 0.4) is 0 Å². The normalized spacial score (nSPS) is 15.1. The van der Waals surface area contributed by atoms with Gasteiger partial charge in [-0.3, -0.25) is 0 Å². The fraction of sp³-hybridized carbons (Fsp3) is 0.280. The predicted molar refractivity (Wildman–Crippen MR) is 121 cm³/mol. The maximum atomic E-state index is 14.0. The fourth-order valence-electron chi connectivity index (χ4n) is 4.31. The molecule has 1 fully saturated rings. The van der Waals surface area contributed by atoms with Gasteiger partial charge in [0.15, 0.2) is 5.65 Å². The lowest BCUT2D eigenvalue weighted by molar-refractivity contribution is -0.139. The molecular formula is C25H22F4N4O. The van der Waals surface area contributed by atoms with E-state index in [-0.39, 0.29) is 11.6 Å². The smallest absolute Gasteiger partial charge is 0.381 e. The average Bonchev–Trinajstić information content (AvgIpc) is 3.20. The zero-order valence-corrected chi connectivity index (χ0v) is 18.4. The van der Waals surface area contributed by atoms with Crippen LogP contribution in [0.5, 0.6) is 0 Å². The van der Waals surface area contributed by atoms with Gasteiger partial charge in [-0.25, -0.2) is 14.4 Å². The van der Waals surface area contributed by atoms with Gasteiger partial charge in [0.25, 0.3) is 0 Å². The number of anilines is 1. The largest absolute Gasteiger partial charge is 0.419 e. The summed E-state index contributed by atoms with van der Waals surface area (Å²) in [5.41, 5.74) is 1.79. The Hall–Kier alpha value is -3.46. The molecule has 1 N–H and O–H groups in total. The molecule has 0 bridgehead atoms.